The van der Waals surface area contributed by atoms with E-state index in [0.717, 1.165) is 28.8 Å². The second kappa shape index (κ2) is 6.13. The van der Waals surface area contributed by atoms with Crippen molar-refractivity contribution >= 4 is 21.6 Å². The van der Waals surface area contributed by atoms with Crippen LogP contribution in [-0.2, 0) is 11.3 Å². The first-order chi connectivity index (χ1) is 7.09. The summed E-state index contributed by atoms with van der Waals surface area (Å²) < 4.78 is 6.49. The van der Waals surface area contributed by atoms with Crippen LogP contribution in [0.1, 0.15) is 25.8 Å². The van der Waals surface area contributed by atoms with E-state index in [9.17, 15) is 0 Å². The molecule has 0 fully saturated rings. The van der Waals surface area contributed by atoms with Gasteiger partial charge in [-0.3, -0.25) is 0 Å². The molecule has 0 saturated heterocycles. The van der Waals surface area contributed by atoms with Crippen LogP contribution in [0, 0.1) is 5.92 Å². The maximum Gasteiger partial charge on any atom is 0.0717 e. The average molecular weight is 272 g/mol. The van der Waals surface area contributed by atoms with Crippen LogP contribution >= 0.6 is 15.9 Å². The van der Waals surface area contributed by atoms with E-state index in [2.05, 4.69) is 29.8 Å². The Labute approximate surface area is 99.9 Å². The van der Waals surface area contributed by atoms with Crippen molar-refractivity contribution in [2.24, 2.45) is 5.92 Å². The quantitative estimate of drug-likeness (QED) is 0.656. The van der Waals surface area contributed by atoms with E-state index >= 15 is 0 Å². The largest absolute Gasteiger partial charge is 0.398 e. The molecule has 0 amide bonds. The number of halogens is 1. The van der Waals surface area contributed by atoms with Crippen molar-refractivity contribution in [2.75, 3.05) is 12.3 Å². The number of hydrogen-bond acceptors (Lipinski definition) is 2. The van der Waals surface area contributed by atoms with Gasteiger partial charge in [-0.1, -0.05) is 19.9 Å². The van der Waals surface area contributed by atoms with Crippen molar-refractivity contribution in [2.45, 2.75) is 26.9 Å². The average Bonchev–Trinajstić information content (AvgIpc) is 2.18. The highest BCUT2D eigenvalue weighted by Gasteiger charge is 1.99. The predicted octanol–water partition coefficient (Wildman–Crippen LogP) is 3.59. The topological polar surface area (TPSA) is 35.2 Å². The molecule has 0 saturated carbocycles. The number of benzene rings is 1. The zero-order chi connectivity index (χ0) is 11.3. The third-order valence-corrected chi connectivity index (χ3v) is 2.89. The van der Waals surface area contributed by atoms with Gasteiger partial charge in [0.05, 0.1) is 6.61 Å². The zero-order valence-electron chi connectivity index (χ0n) is 9.29. The Morgan fingerprint density at radius 3 is 2.73 bits per heavy atom. The Balaban J connectivity index is 2.35. The van der Waals surface area contributed by atoms with E-state index in [0.29, 0.717) is 12.5 Å². The summed E-state index contributed by atoms with van der Waals surface area (Å²) in [5.74, 6) is 0.694. The lowest BCUT2D eigenvalue weighted by atomic mass is 10.1. The molecule has 0 aliphatic heterocycles. The van der Waals surface area contributed by atoms with Crippen molar-refractivity contribution < 1.29 is 4.74 Å². The molecule has 0 bridgehead atoms. The molecule has 0 unspecified atom stereocenters. The molecular weight excluding hydrogens is 254 g/mol. The molecule has 0 atom stereocenters. The van der Waals surface area contributed by atoms with E-state index < -0.39 is 0 Å². The van der Waals surface area contributed by atoms with Crippen molar-refractivity contribution in [3.05, 3.63) is 28.2 Å². The molecule has 0 aromatic heterocycles. The summed E-state index contributed by atoms with van der Waals surface area (Å²) in [6.45, 7) is 5.85. The van der Waals surface area contributed by atoms with Gasteiger partial charge in [0.1, 0.15) is 0 Å². The van der Waals surface area contributed by atoms with E-state index in [-0.39, 0.29) is 0 Å². The number of hydrogen-bond donors (Lipinski definition) is 1. The minimum atomic E-state index is 0.643. The van der Waals surface area contributed by atoms with E-state index in [1.54, 1.807) is 0 Å². The summed E-state index contributed by atoms with van der Waals surface area (Å²) in [5, 5.41) is 0. The third kappa shape index (κ3) is 4.67. The van der Waals surface area contributed by atoms with Gasteiger partial charge in [0, 0.05) is 16.8 Å². The smallest absolute Gasteiger partial charge is 0.0717 e. The zero-order valence-corrected chi connectivity index (χ0v) is 10.9. The summed E-state index contributed by atoms with van der Waals surface area (Å²) in [6.07, 6.45) is 1.10. The molecule has 2 nitrogen and oxygen atoms in total. The lowest BCUT2D eigenvalue weighted by molar-refractivity contribution is 0.111. The predicted molar refractivity (Wildman–Crippen MR) is 67.7 cm³/mol. The second-order valence-corrected chi connectivity index (χ2v) is 4.95. The number of nitrogens with two attached hydrogens (primary N) is 1. The molecule has 0 aliphatic rings. The molecule has 0 radical (unpaired) electrons. The molecule has 0 spiro atoms. The van der Waals surface area contributed by atoms with Crippen molar-refractivity contribution in [1.82, 2.24) is 0 Å². The molecule has 0 aliphatic carbocycles. The van der Waals surface area contributed by atoms with E-state index in [4.69, 9.17) is 10.5 Å². The van der Waals surface area contributed by atoms with Crippen molar-refractivity contribution in [1.29, 1.82) is 0 Å². The number of anilines is 1. The van der Waals surface area contributed by atoms with Crippen LogP contribution in [-0.4, -0.2) is 6.61 Å². The highest BCUT2D eigenvalue weighted by atomic mass is 79.9. The van der Waals surface area contributed by atoms with Gasteiger partial charge in [-0.25, -0.2) is 0 Å². The molecule has 3 heteroatoms. The van der Waals surface area contributed by atoms with Crippen LogP contribution in [0.2, 0.25) is 0 Å². The monoisotopic (exact) mass is 271 g/mol. The molecular formula is C12H18BrNO. The van der Waals surface area contributed by atoms with Gasteiger partial charge in [-0.2, -0.15) is 0 Å². The highest BCUT2D eigenvalue weighted by Crippen LogP contribution is 2.20. The standard InChI is InChI=1S/C12H18BrNO/c1-9(2)5-6-15-8-10-3-4-11(13)12(14)7-10/h3-4,7,9H,5-6,8,14H2,1-2H3. The summed E-state index contributed by atoms with van der Waals surface area (Å²) in [7, 11) is 0. The van der Waals surface area contributed by atoms with Gasteiger partial charge in [0.2, 0.25) is 0 Å². The Bertz CT molecular complexity index is 312. The highest BCUT2D eigenvalue weighted by molar-refractivity contribution is 9.10. The normalized spacial score (nSPS) is 10.9. The Morgan fingerprint density at radius 2 is 2.13 bits per heavy atom. The summed E-state index contributed by atoms with van der Waals surface area (Å²) >= 11 is 3.36. The minimum Gasteiger partial charge on any atom is -0.398 e. The van der Waals surface area contributed by atoms with Gasteiger partial charge in [-0.05, 0) is 46.0 Å². The molecule has 2 N–H and O–H groups in total. The maximum absolute atomic E-state index is 5.77. The number of nitrogen functional groups attached to an aromatic ring is 1. The molecule has 1 aromatic carbocycles. The van der Waals surface area contributed by atoms with Gasteiger partial charge < -0.3 is 10.5 Å². The second-order valence-electron chi connectivity index (χ2n) is 4.09. The fraction of sp³-hybridized carbons (Fsp3) is 0.500. The molecule has 15 heavy (non-hydrogen) atoms. The van der Waals surface area contributed by atoms with Gasteiger partial charge >= 0.3 is 0 Å². The first-order valence-corrected chi connectivity index (χ1v) is 6.00. The third-order valence-electron chi connectivity index (χ3n) is 2.17. The van der Waals surface area contributed by atoms with Crippen molar-refractivity contribution in [3.63, 3.8) is 0 Å². The van der Waals surface area contributed by atoms with Gasteiger partial charge in [0.25, 0.3) is 0 Å². The lowest BCUT2D eigenvalue weighted by Gasteiger charge is -2.07. The Hall–Kier alpha value is -0.540. The first kappa shape index (κ1) is 12.5. The van der Waals surface area contributed by atoms with E-state index in [1.165, 1.54) is 0 Å². The van der Waals surface area contributed by atoms with Crippen LogP contribution < -0.4 is 5.73 Å². The summed E-state index contributed by atoms with van der Waals surface area (Å²) in [4.78, 5) is 0. The Kier molecular flexibility index (Phi) is 5.12. The van der Waals surface area contributed by atoms with Crippen LogP contribution in [0.15, 0.2) is 22.7 Å². The van der Waals surface area contributed by atoms with Crippen LogP contribution in [0.25, 0.3) is 0 Å². The number of rotatable bonds is 5. The lowest BCUT2D eigenvalue weighted by Crippen LogP contribution is -2.00. The van der Waals surface area contributed by atoms with Crippen LogP contribution in [0.3, 0.4) is 0 Å². The van der Waals surface area contributed by atoms with Crippen LogP contribution in [0.4, 0.5) is 5.69 Å². The minimum absolute atomic E-state index is 0.643. The van der Waals surface area contributed by atoms with Gasteiger partial charge in [-0.15, -0.1) is 0 Å². The SMILES string of the molecule is CC(C)CCOCc1ccc(Br)c(N)c1. The van der Waals surface area contributed by atoms with E-state index in [1.807, 2.05) is 18.2 Å². The molecule has 84 valence electrons. The van der Waals surface area contributed by atoms with Crippen molar-refractivity contribution in [3.8, 4) is 0 Å². The molecule has 1 rings (SSSR count). The number of ether oxygens (including phenoxy) is 1. The summed E-state index contributed by atoms with van der Waals surface area (Å²) in [5.41, 5.74) is 7.66. The molecule has 0 heterocycles. The fourth-order valence-corrected chi connectivity index (χ4v) is 1.44. The fourth-order valence-electron chi connectivity index (χ4n) is 1.19. The van der Waals surface area contributed by atoms with Crippen LogP contribution in [0.5, 0.6) is 0 Å². The summed E-state index contributed by atoms with van der Waals surface area (Å²) in [6, 6.07) is 5.92. The Morgan fingerprint density at radius 1 is 1.40 bits per heavy atom. The first-order valence-electron chi connectivity index (χ1n) is 5.21. The maximum atomic E-state index is 5.77. The van der Waals surface area contributed by atoms with Gasteiger partial charge in [0.15, 0.2) is 0 Å². The molecule has 1 aromatic rings.